The summed E-state index contributed by atoms with van der Waals surface area (Å²) in [6, 6.07) is 10.0. The van der Waals surface area contributed by atoms with Gasteiger partial charge >= 0.3 is 0 Å². The van der Waals surface area contributed by atoms with Crippen molar-refractivity contribution in [2.75, 3.05) is 10.7 Å². The molecule has 0 fully saturated rings. The third-order valence-corrected chi connectivity index (χ3v) is 4.64. The molecule has 0 saturated heterocycles. The van der Waals surface area contributed by atoms with E-state index in [4.69, 9.17) is 0 Å². The van der Waals surface area contributed by atoms with Gasteiger partial charge in [0.25, 0.3) is 5.69 Å². The molecule has 10 heteroatoms. The van der Waals surface area contributed by atoms with E-state index < -0.39 is 16.1 Å². The van der Waals surface area contributed by atoms with E-state index >= 15 is 0 Å². The first-order valence-corrected chi connectivity index (χ1v) is 8.13. The molecule has 0 bridgehead atoms. The molecule has 2 heterocycles. The largest absolute Gasteiger partial charge is 0.324 e. The van der Waals surface area contributed by atoms with Crippen molar-refractivity contribution in [3.05, 3.63) is 52.7 Å². The number of thioether (sulfide) groups is 1. The maximum absolute atomic E-state index is 12.1. The van der Waals surface area contributed by atoms with Crippen molar-refractivity contribution in [3.63, 3.8) is 0 Å². The van der Waals surface area contributed by atoms with Gasteiger partial charge in [0.15, 0.2) is 0 Å². The Morgan fingerprint density at radius 2 is 2.12 bits per heavy atom. The number of hydrazine groups is 1. The molecule has 1 aliphatic heterocycles. The second-order valence-corrected chi connectivity index (χ2v) is 6.37. The van der Waals surface area contributed by atoms with Crippen LogP contribution < -0.4 is 16.2 Å². The third kappa shape index (κ3) is 4.04. The Morgan fingerprint density at radius 1 is 1.32 bits per heavy atom. The van der Waals surface area contributed by atoms with Crippen LogP contribution in [-0.4, -0.2) is 27.0 Å². The number of nitrogens with zero attached hydrogens (tertiary/aromatic N) is 2. The number of carbonyl (C=O) groups is 2. The molecule has 3 N–H and O–H groups in total. The minimum atomic E-state index is -0.563. The van der Waals surface area contributed by atoms with Gasteiger partial charge in [-0.2, -0.15) is 0 Å². The van der Waals surface area contributed by atoms with Crippen molar-refractivity contribution in [1.29, 1.82) is 0 Å². The summed E-state index contributed by atoms with van der Waals surface area (Å²) in [5, 5.41) is 12.8. The monoisotopic (exact) mass is 359 g/mol. The number of hydrogen-bond acceptors (Lipinski definition) is 7. The second kappa shape index (κ2) is 7.18. The summed E-state index contributed by atoms with van der Waals surface area (Å²) >= 11 is 1.33. The molecule has 1 atom stereocenters. The highest BCUT2D eigenvalue weighted by Gasteiger charge is 2.28. The van der Waals surface area contributed by atoms with E-state index in [2.05, 4.69) is 21.2 Å². The quantitative estimate of drug-likeness (QED) is 0.550. The number of rotatable bonds is 5. The van der Waals surface area contributed by atoms with Gasteiger partial charge in [-0.1, -0.05) is 12.1 Å². The van der Waals surface area contributed by atoms with Crippen LogP contribution in [-0.2, 0) is 9.59 Å². The SMILES string of the molecule is O=C(CC1Sc2ccccc2NC1=O)NNc1ccc([N+](=O)[O-])cn1. The molecule has 2 amide bonds. The smallest absolute Gasteiger partial charge is 0.287 e. The second-order valence-electron chi connectivity index (χ2n) is 5.13. The third-order valence-electron chi connectivity index (χ3n) is 3.37. The zero-order valence-corrected chi connectivity index (χ0v) is 13.6. The van der Waals surface area contributed by atoms with E-state index in [9.17, 15) is 19.7 Å². The highest BCUT2D eigenvalue weighted by Crippen LogP contribution is 2.36. The highest BCUT2D eigenvalue weighted by molar-refractivity contribution is 8.01. The zero-order chi connectivity index (χ0) is 17.8. The zero-order valence-electron chi connectivity index (χ0n) is 12.8. The first-order chi connectivity index (χ1) is 12.0. The van der Waals surface area contributed by atoms with Gasteiger partial charge in [0.05, 0.1) is 15.9 Å². The minimum Gasteiger partial charge on any atom is -0.324 e. The number of benzene rings is 1. The van der Waals surface area contributed by atoms with Gasteiger partial charge in [-0.05, 0) is 18.2 Å². The topological polar surface area (TPSA) is 126 Å². The molecule has 0 saturated carbocycles. The summed E-state index contributed by atoms with van der Waals surface area (Å²) in [7, 11) is 0. The fourth-order valence-electron chi connectivity index (χ4n) is 2.15. The highest BCUT2D eigenvalue weighted by atomic mass is 32.2. The van der Waals surface area contributed by atoms with Crippen LogP contribution >= 0.6 is 11.8 Å². The lowest BCUT2D eigenvalue weighted by molar-refractivity contribution is -0.385. The van der Waals surface area contributed by atoms with Crippen LogP contribution in [0.25, 0.3) is 0 Å². The summed E-state index contributed by atoms with van der Waals surface area (Å²) in [6.07, 6.45) is 1.06. The molecule has 25 heavy (non-hydrogen) atoms. The summed E-state index contributed by atoms with van der Waals surface area (Å²) in [4.78, 5) is 38.8. The number of nitro groups is 1. The lowest BCUT2D eigenvalue weighted by Gasteiger charge is -2.23. The Kier molecular flexibility index (Phi) is 4.80. The van der Waals surface area contributed by atoms with Crippen LogP contribution in [0, 0.1) is 10.1 Å². The number of hydrogen-bond donors (Lipinski definition) is 3. The van der Waals surface area contributed by atoms with Gasteiger partial charge in [0.2, 0.25) is 11.8 Å². The van der Waals surface area contributed by atoms with Crippen molar-refractivity contribution in [2.24, 2.45) is 0 Å². The first-order valence-electron chi connectivity index (χ1n) is 7.25. The Labute approximate surface area is 146 Å². The molecule has 0 radical (unpaired) electrons. The molecular weight excluding hydrogens is 346 g/mol. The average Bonchev–Trinajstić information content (AvgIpc) is 2.61. The Hall–Kier alpha value is -3.14. The summed E-state index contributed by atoms with van der Waals surface area (Å²) < 4.78 is 0. The molecule has 0 spiro atoms. The summed E-state index contributed by atoms with van der Waals surface area (Å²) in [6.45, 7) is 0. The van der Waals surface area contributed by atoms with Crippen LogP contribution in [0.2, 0.25) is 0 Å². The Balaban J connectivity index is 1.54. The molecule has 1 aliphatic rings. The standard InChI is InChI=1S/C15H13N5O4S/c21-14(19-18-13-6-5-9(8-16-13)20(23)24)7-12-15(22)17-10-3-1-2-4-11(10)25-12/h1-6,8,12H,7H2,(H,16,18)(H,17,22)(H,19,21). The fourth-order valence-corrected chi connectivity index (χ4v) is 3.26. The van der Waals surface area contributed by atoms with Crippen molar-refractivity contribution in [3.8, 4) is 0 Å². The van der Waals surface area contributed by atoms with Crippen molar-refractivity contribution < 1.29 is 14.5 Å². The predicted molar refractivity (Wildman–Crippen MR) is 92.0 cm³/mol. The van der Waals surface area contributed by atoms with Gasteiger partial charge in [-0.25, -0.2) is 4.98 Å². The Morgan fingerprint density at radius 3 is 2.84 bits per heavy atom. The van der Waals surface area contributed by atoms with E-state index in [-0.39, 0.29) is 23.8 Å². The van der Waals surface area contributed by atoms with Crippen LogP contribution in [0.1, 0.15) is 6.42 Å². The molecule has 1 unspecified atom stereocenters. The van der Waals surface area contributed by atoms with Crippen LogP contribution in [0.4, 0.5) is 17.2 Å². The summed E-state index contributed by atoms with van der Waals surface area (Å²) in [5.41, 5.74) is 5.58. The van der Waals surface area contributed by atoms with Gasteiger partial charge in [-0.3, -0.25) is 30.6 Å². The normalized spacial score (nSPS) is 15.7. The van der Waals surface area contributed by atoms with E-state index in [0.717, 1.165) is 16.8 Å². The van der Waals surface area contributed by atoms with Crippen LogP contribution in [0.3, 0.4) is 0 Å². The van der Waals surface area contributed by atoms with Gasteiger partial charge in [0, 0.05) is 17.4 Å². The van der Waals surface area contributed by atoms with E-state index in [1.807, 2.05) is 18.2 Å². The minimum absolute atomic E-state index is 0.0230. The lowest BCUT2D eigenvalue weighted by atomic mass is 10.2. The molecule has 2 aromatic rings. The maximum atomic E-state index is 12.1. The molecule has 1 aromatic carbocycles. The fraction of sp³-hybridized carbons (Fsp3) is 0.133. The van der Waals surface area contributed by atoms with E-state index in [1.165, 1.54) is 23.9 Å². The number of nitrogens with one attached hydrogen (secondary N) is 3. The van der Waals surface area contributed by atoms with Crippen LogP contribution in [0.5, 0.6) is 0 Å². The Bertz CT molecular complexity index is 827. The number of aromatic nitrogens is 1. The molecular formula is C15H13N5O4S. The predicted octanol–water partition coefficient (Wildman–Crippen LogP) is 1.94. The van der Waals surface area contributed by atoms with Crippen molar-refractivity contribution >= 4 is 40.8 Å². The molecule has 128 valence electrons. The first kappa shape index (κ1) is 16.7. The average molecular weight is 359 g/mol. The molecule has 9 nitrogen and oxygen atoms in total. The molecule has 1 aromatic heterocycles. The number of carbonyl (C=O) groups excluding carboxylic acids is 2. The molecule has 0 aliphatic carbocycles. The van der Waals surface area contributed by atoms with Crippen LogP contribution in [0.15, 0.2) is 47.5 Å². The lowest BCUT2D eigenvalue weighted by Crippen LogP contribution is -2.37. The number of fused-ring (bicyclic) bond motifs is 1. The number of pyridine rings is 1. The van der Waals surface area contributed by atoms with E-state index in [1.54, 1.807) is 6.07 Å². The van der Waals surface area contributed by atoms with Gasteiger partial charge < -0.3 is 5.32 Å². The van der Waals surface area contributed by atoms with Crippen molar-refractivity contribution in [1.82, 2.24) is 10.4 Å². The number of anilines is 2. The number of amides is 2. The van der Waals surface area contributed by atoms with Gasteiger partial charge in [0.1, 0.15) is 12.0 Å². The number of para-hydroxylation sites is 1. The van der Waals surface area contributed by atoms with Crippen molar-refractivity contribution in [2.45, 2.75) is 16.6 Å². The van der Waals surface area contributed by atoms with Gasteiger partial charge in [-0.15, -0.1) is 11.8 Å². The summed E-state index contributed by atoms with van der Waals surface area (Å²) in [5.74, 6) is -0.371. The maximum Gasteiger partial charge on any atom is 0.287 e. The molecule has 3 rings (SSSR count). The van der Waals surface area contributed by atoms with E-state index in [0.29, 0.717) is 0 Å².